The van der Waals surface area contributed by atoms with Gasteiger partial charge in [0.15, 0.2) is 12.2 Å². The SMILES string of the molecule is CCCCCCCCCCCCCCCCCCCCCCCCC(=O)O[C@H](COC(=O)CCCCCCCCCCCCCCCCCCCCCC)COP(=O)(O)OC[C@@H](O)COP(=O)(O)OC[C@@H](COC(=O)CCCCCCC)OC(=O)CCCCCCCCCCCC(C)C. The van der Waals surface area contributed by atoms with Crippen LogP contribution in [0, 0.1) is 5.92 Å². The Bertz CT molecular complexity index is 1890. The molecule has 588 valence electrons. The second-order valence-corrected chi connectivity index (χ2v) is 32.2. The van der Waals surface area contributed by atoms with Crippen LogP contribution >= 0.6 is 15.6 Å². The lowest BCUT2D eigenvalue weighted by Gasteiger charge is -2.21. The number of phosphoric acid groups is 2. The summed E-state index contributed by atoms with van der Waals surface area (Å²) >= 11 is 0. The molecule has 0 aliphatic rings. The zero-order valence-corrected chi connectivity index (χ0v) is 66.4. The van der Waals surface area contributed by atoms with Crippen molar-refractivity contribution in [1.29, 1.82) is 0 Å². The molecule has 3 N–H and O–H groups in total. The molecule has 0 fully saturated rings. The van der Waals surface area contributed by atoms with E-state index in [1.54, 1.807) is 0 Å². The molecule has 17 nitrogen and oxygen atoms in total. The highest BCUT2D eigenvalue weighted by atomic mass is 31.2. The minimum Gasteiger partial charge on any atom is -0.462 e. The van der Waals surface area contributed by atoms with E-state index in [9.17, 15) is 43.2 Å². The summed E-state index contributed by atoms with van der Waals surface area (Å²) in [5, 5.41) is 10.6. The maximum Gasteiger partial charge on any atom is 0.472 e. The first-order valence-corrected chi connectivity index (χ1v) is 44.6. The number of carbonyl (C=O) groups excluding carboxylic acids is 4. The van der Waals surface area contributed by atoms with Crippen LogP contribution < -0.4 is 0 Å². The van der Waals surface area contributed by atoms with Crippen molar-refractivity contribution < 1.29 is 80.2 Å². The number of aliphatic hydroxyl groups is 1. The summed E-state index contributed by atoms with van der Waals surface area (Å²) in [7, 11) is -9.90. The smallest absolute Gasteiger partial charge is 0.462 e. The van der Waals surface area contributed by atoms with E-state index in [2.05, 4.69) is 34.6 Å². The van der Waals surface area contributed by atoms with Gasteiger partial charge in [0.05, 0.1) is 26.4 Å². The van der Waals surface area contributed by atoms with Gasteiger partial charge in [0.2, 0.25) is 0 Å². The highest BCUT2D eigenvalue weighted by molar-refractivity contribution is 7.47. The maximum absolute atomic E-state index is 13.1. The molecule has 0 radical (unpaired) electrons. The number of hydrogen-bond acceptors (Lipinski definition) is 15. The molecular weight excluding hydrogens is 1290 g/mol. The fourth-order valence-corrected chi connectivity index (χ4v) is 14.0. The van der Waals surface area contributed by atoms with E-state index in [1.165, 1.54) is 244 Å². The van der Waals surface area contributed by atoms with Gasteiger partial charge in [-0.2, -0.15) is 0 Å². The first kappa shape index (κ1) is 97.1. The van der Waals surface area contributed by atoms with Crippen molar-refractivity contribution in [3.63, 3.8) is 0 Å². The van der Waals surface area contributed by atoms with E-state index in [-0.39, 0.29) is 25.7 Å². The van der Waals surface area contributed by atoms with Crippen LogP contribution in [0.25, 0.3) is 0 Å². The predicted octanol–water partition coefficient (Wildman–Crippen LogP) is 24.0. The highest BCUT2D eigenvalue weighted by Gasteiger charge is 2.30. The van der Waals surface area contributed by atoms with Gasteiger partial charge in [-0.25, -0.2) is 9.13 Å². The van der Waals surface area contributed by atoms with Gasteiger partial charge < -0.3 is 33.8 Å². The Hall–Kier alpha value is -1.94. The Labute approximate surface area is 607 Å². The summed E-state index contributed by atoms with van der Waals surface area (Å²) in [5.41, 5.74) is 0. The zero-order valence-electron chi connectivity index (χ0n) is 64.6. The first-order valence-electron chi connectivity index (χ1n) is 41.6. The normalized spacial score (nSPS) is 13.9. The fraction of sp³-hybridized carbons (Fsp3) is 0.950. The van der Waals surface area contributed by atoms with Crippen molar-refractivity contribution in [3.8, 4) is 0 Å². The molecule has 99 heavy (non-hydrogen) atoms. The molecule has 0 aromatic rings. The van der Waals surface area contributed by atoms with E-state index >= 15 is 0 Å². The van der Waals surface area contributed by atoms with Crippen LogP contribution in [0.1, 0.15) is 426 Å². The summed E-state index contributed by atoms with van der Waals surface area (Å²) in [6.45, 7) is 7.19. The van der Waals surface area contributed by atoms with Gasteiger partial charge in [0.25, 0.3) is 0 Å². The van der Waals surface area contributed by atoms with Crippen molar-refractivity contribution >= 4 is 39.5 Å². The molecule has 19 heteroatoms. The third-order valence-electron chi connectivity index (χ3n) is 18.8. The van der Waals surface area contributed by atoms with Gasteiger partial charge in [0, 0.05) is 25.7 Å². The Balaban J connectivity index is 5.10. The number of hydrogen-bond donors (Lipinski definition) is 3. The number of unbranched alkanes of at least 4 members (excludes halogenated alkanes) is 52. The standard InChI is InChI=1S/C80H156O17P2/c1-6-9-12-15-17-19-21-23-25-27-29-31-32-34-36-38-40-42-46-50-55-60-65-79(84)97-76(70-91-78(83)64-59-54-49-45-41-39-37-35-33-30-28-26-24-22-20-18-16-13-10-7-2)72-95-99(88,89)93-68-74(81)67-92-98(86,87)94-71-75(69-90-77(82)63-58-52-14-11-8-3)96-80(85)66-61-56-51-47-43-44-48-53-57-62-73(4)5/h73-76,81H,6-72H2,1-5H3,(H,86,87)(H,88,89)/t74-,75+,76+/m0/s1. The van der Waals surface area contributed by atoms with E-state index in [0.717, 1.165) is 102 Å². The molecule has 0 rings (SSSR count). The Morgan fingerprint density at radius 1 is 0.273 bits per heavy atom. The first-order chi connectivity index (χ1) is 48.0. The molecule has 0 aromatic heterocycles. The second-order valence-electron chi connectivity index (χ2n) is 29.3. The lowest BCUT2D eigenvalue weighted by Crippen LogP contribution is -2.30. The monoisotopic (exact) mass is 1450 g/mol. The van der Waals surface area contributed by atoms with Gasteiger partial charge in [-0.15, -0.1) is 0 Å². The molecule has 0 aromatic carbocycles. The predicted molar refractivity (Wildman–Crippen MR) is 405 cm³/mol. The number of rotatable bonds is 80. The van der Waals surface area contributed by atoms with Crippen LogP contribution in [-0.4, -0.2) is 96.7 Å². The zero-order chi connectivity index (χ0) is 72.7. The summed E-state index contributed by atoms with van der Waals surface area (Å²) in [5.74, 6) is -1.39. The van der Waals surface area contributed by atoms with Crippen LogP contribution in [0.5, 0.6) is 0 Å². The quantitative estimate of drug-likeness (QED) is 0.0222. The molecule has 0 heterocycles. The van der Waals surface area contributed by atoms with Crippen molar-refractivity contribution in [1.82, 2.24) is 0 Å². The van der Waals surface area contributed by atoms with E-state index < -0.39 is 97.5 Å². The van der Waals surface area contributed by atoms with Crippen molar-refractivity contribution in [3.05, 3.63) is 0 Å². The van der Waals surface area contributed by atoms with E-state index in [4.69, 9.17) is 37.0 Å². The van der Waals surface area contributed by atoms with Gasteiger partial charge >= 0.3 is 39.5 Å². The number of carbonyl (C=O) groups is 4. The highest BCUT2D eigenvalue weighted by Crippen LogP contribution is 2.45. The number of aliphatic hydroxyl groups excluding tert-OH is 1. The van der Waals surface area contributed by atoms with Crippen molar-refractivity contribution in [2.45, 2.75) is 445 Å². The average Bonchev–Trinajstić information content (AvgIpc) is 1.07. The molecule has 0 spiro atoms. The third kappa shape index (κ3) is 74.1. The molecular formula is C80H156O17P2. The van der Waals surface area contributed by atoms with E-state index in [0.29, 0.717) is 25.7 Å². The molecule has 0 amide bonds. The van der Waals surface area contributed by atoms with Crippen LogP contribution in [0.2, 0.25) is 0 Å². The summed E-state index contributed by atoms with van der Waals surface area (Å²) in [6, 6.07) is 0. The second kappa shape index (κ2) is 73.0. The van der Waals surface area contributed by atoms with Crippen LogP contribution in [0.3, 0.4) is 0 Å². The topological polar surface area (TPSA) is 237 Å². The Morgan fingerprint density at radius 2 is 0.465 bits per heavy atom. The summed E-state index contributed by atoms with van der Waals surface area (Å²) < 4.78 is 68.4. The number of ether oxygens (including phenoxy) is 4. The van der Waals surface area contributed by atoms with Crippen LogP contribution in [-0.2, 0) is 65.4 Å². The fourth-order valence-electron chi connectivity index (χ4n) is 12.4. The Kier molecular flexibility index (Phi) is 71.6. The van der Waals surface area contributed by atoms with Gasteiger partial charge in [0.1, 0.15) is 19.3 Å². The minimum absolute atomic E-state index is 0.105. The minimum atomic E-state index is -4.96. The molecule has 0 aliphatic heterocycles. The average molecular weight is 1450 g/mol. The molecule has 0 bridgehead atoms. The van der Waals surface area contributed by atoms with Gasteiger partial charge in [-0.05, 0) is 31.6 Å². The molecule has 0 saturated heterocycles. The van der Waals surface area contributed by atoms with Crippen molar-refractivity contribution in [2.75, 3.05) is 39.6 Å². The molecule has 0 aliphatic carbocycles. The largest absolute Gasteiger partial charge is 0.472 e. The number of esters is 4. The summed E-state index contributed by atoms with van der Waals surface area (Å²) in [4.78, 5) is 72.6. The molecule has 0 saturated carbocycles. The molecule has 5 atom stereocenters. The van der Waals surface area contributed by atoms with Crippen molar-refractivity contribution in [2.24, 2.45) is 5.92 Å². The van der Waals surface area contributed by atoms with Gasteiger partial charge in [-0.1, -0.05) is 375 Å². The molecule has 2 unspecified atom stereocenters. The maximum atomic E-state index is 13.1. The summed E-state index contributed by atoms with van der Waals surface area (Å²) in [6.07, 6.45) is 64.6. The lowest BCUT2D eigenvalue weighted by molar-refractivity contribution is -0.161. The number of phosphoric ester groups is 2. The lowest BCUT2D eigenvalue weighted by atomic mass is 10.0. The van der Waals surface area contributed by atoms with Crippen LogP contribution in [0.15, 0.2) is 0 Å². The van der Waals surface area contributed by atoms with Crippen LogP contribution in [0.4, 0.5) is 0 Å². The third-order valence-corrected chi connectivity index (χ3v) is 20.7. The van der Waals surface area contributed by atoms with Gasteiger partial charge in [-0.3, -0.25) is 37.3 Å². The van der Waals surface area contributed by atoms with E-state index in [1.807, 2.05) is 0 Å². The Morgan fingerprint density at radius 3 is 0.687 bits per heavy atom.